The van der Waals surface area contributed by atoms with Crippen LogP contribution in [0.4, 0.5) is 24.9 Å². The number of thiocarbonyl (C=S) groups is 1. The maximum Gasteiger partial charge on any atom is 0.433 e. The van der Waals surface area contributed by atoms with Crippen molar-refractivity contribution < 1.29 is 17.9 Å². The number of hydrogen-bond acceptors (Lipinski definition) is 5. The molecule has 0 aliphatic carbocycles. The zero-order valence-corrected chi connectivity index (χ0v) is 22.1. The zero-order chi connectivity index (χ0) is 26.8. The number of nitrogens with one attached hydrogen (secondary N) is 2. The first-order chi connectivity index (χ1) is 18.2. The molecule has 2 aliphatic rings. The minimum absolute atomic E-state index is 0.146. The summed E-state index contributed by atoms with van der Waals surface area (Å²) in [6, 6.07) is 16.6. The van der Waals surface area contributed by atoms with Gasteiger partial charge in [0, 0.05) is 49.4 Å². The van der Waals surface area contributed by atoms with E-state index < -0.39 is 11.9 Å². The Bertz CT molecular complexity index is 1320. The van der Waals surface area contributed by atoms with E-state index in [2.05, 4.69) is 20.6 Å². The average molecular weight is 562 g/mol. The highest BCUT2D eigenvalue weighted by molar-refractivity contribution is 7.80. The lowest BCUT2D eigenvalue weighted by atomic mass is 9.74. The summed E-state index contributed by atoms with van der Waals surface area (Å²) in [7, 11) is 0. The standard InChI is InChI=1S/C27H27ClF3N5OS/c28-21-7-3-6-20(14-21)26(9-12-37-13-10-26)17-32-25(38)35-24-33-22(27(29,30)31)15-23(34-24)36-11-8-18-4-1-2-5-19(18)16-36/h1-7,14-15H,8-13,16-17H2,(H2,32,33,34,35,38). The van der Waals surface area contributed by atoms with Crippen molar-refractivity contribution in [3.63, 3.8) is 0 Å². The van der Waals surface area contributed by atoms with Gasteiger partial charge in [-0.05, 0) is 60.3 Å². The van der Waals surface area contributed by atoms with E-state index >= 15 is 0 Å². The fourth-order valence-electron chi connectivity index (χ4n) is 5.03. The predicted molar refractivity (Wildman–Crippen MR) is 146 cm³/mol. The van der Waals surface area contributed by atoms with Gasteiger partial charge in [0.2, 0.25) is 5.95 Å². The first-order valence-electron chi connectivity index (χ1n) is 12.4. The van der Waals surface area contributed by atoms with Crippen LogP contribution in [0.3, 0.4) is 0 Å². The van der Waals surface area contributed by atoms with Gasteiger partial charge in [-0.25, -0.2) is 4.98 Å². The Kier molecular flexibility index (Phi) is 7.74. The zero-order valence-electron chi connectivity index (χ0n) is 20.5. The van der Waals surface area contributed by atoms with Gasteiger partial charge < -0.3 is 20.3 Å². The Balaban J connectivity index is 1.34. The van der Waals surface area contributed by atoms with Crippen molar-refractivity contribution >= 4 is 40.7 Å². The number of alkyl halides is 3. The number of rotatable bonds is 5. The summed E-state index contributed by atoms with van der Waals surface area (Å²) in [6.45, 7) is 2.66. The Morgan fingerprint density at radius 2 is 1.82 bits per heavy atom. The molecule has 38 heavy (non-hydrogen) atoms. The third-order valence-electron chi connectivity index (χ3n) is 7.16. The third kappa shape index (κ3) is 6.03. The van der Waals surface area contributed by atoms with Crippen LogP contribution in [-0.2, 0) is 29.3 Å². The molecule has 11 heteroatoms. The molecule has 1 saturated heterocycles. The summed E-state index contributed by atoms with van der Waals surface area (Å²) >= 11 is 11.7. The number of halogens is 4. The van der Waals surface area contributed by atoms with Crippen LogP contribution in [0.15, 0.2) is 54.6 Å². The monoisotopic (exact) mass is 561 g/mol. The average Bonchev–Trinajstić information content (AvgIpc) is 2.91. The van der Waals surface area contributed by atoms with Crippen molar-refractivity contribution in [1.29, 1.82) is 0 Å². The van der Waals surface area contributed by atoms with Gasteiger partial charge in [-0.2, -0.15) is 18.2 Å². The number of anilines is 2. The number of nitrogens with zero attached hydrogens (tertiary/aromatic N) is 3. The Morgan fingerprint density at radius 3 is 2.55 bits per heavy atom. The van der Waals surface area contributed by atoms with Crippen molar-refractivity contribution in [2.75, 3.05) is 36.5 Å². The molecule has 1 fully saturated rings. The van der Waals surface area contributed by atoms with Crippen molar-refractivity contribution in [3.8, 4) is 0 Å². The van der Waals surface area contributed by atoms with Crippen molar-refractivity contribution in [2.45, 2.75) is 37.4 Å². The number of hydrogen-bond donors (Lipinski definition) is 2. The maximum absolute atomic E-state index is 13.7. The molecule has 0 bridgehead atoms. The Hall–Kier alpha value is -2.95. The predicted octanol–water partition coefficient (Wildman–Crippen LogP) is 5.75. The molecule has 2 N–H and O–H groups in total. The van der Waals surface area contributed by atoms with E-state index in [1.807, 2.05) is 53.4 Å². The molecule has 0 spiro atoms. The SMILES string of the molecule is FC(F)(F)c1cc(N2CCc3ccccc3C2)nc(NC(=S)NCC2(c3cccc(Cl)c3)CCOCC2)n1. The second kappa shape index (κ2) is 11.0. The molecule has 2 aromatic carbocycles. The topological polar surface area (TPSA) is 62.3 Å². The van der Waals surface area contributed by atoms with Crippen LogP contribution in [0.5, 0.6) is 0 Å². The van der Waals surface area contributed by atoms with Crippen LogP contribution in [0.25, 0.3) is 0 Å². The fraction of sp³-hybridized carbons (Fsp3) is 0.370. The van der Waals surface area contributed by atoms with Crippen LogP contribution < -0.4 is 15.5 Å². The molecule has 0 saturated carbocycles. The summed E-state index contributed by atoms with van der Waals surface area (Å²) in [5, 5.41) is 6.75. The highest BCUT2D eigenvalue weighted by Gasteiger charge is 2.36. The Labute approximate surface area is 229 Å². The number of aromatic nitrogens is 2. The molecule has 200 valence electrons. The van der Waals surface area contributed by atoms with Crippen LogP contribution in [0.2, 0.25) is 5.02 Å². The molecule has 0 unspecified atom stereocenters. The second-order valence-corrected chi connectivity index (χ2v) is 10.4. The summed E-state index contributed by atoms with van der Waals surface area (Å²) in [6.07, 6.45) is -2.40. The lowest BCUT2D eigenvalue weighted by molar-refractivity contribution is -0.141. The lowest BCUT2D eigenvalue weighted by Crippen LogP contribution is -2.45. The molecule has 0 radical (unpaired) electrons. The van der Waals surface area contributed by atoms with E-state index in [-0.39, 0.29) is 22.3 Å². The second-order valence-electron chi connectivity index (χ2n) is 9.58. The minimum atomic E-state index is -4.63. The molecule has 3 heterocycles. The largest absolute Gasteiger partial charge is 0.433 e. The van der Waals surface area contributed by atoms with Gasteiger partial charge in [-0.15, -0.1) is 0 Å². The van der Waals surface area contributed by atoms with Crippen LogP contribution in [0, 0.1) is 0 Å². The molecular weight excluding hydrogens is 535 g/mol. The highest BCUT2D eigenvalue weighted by atomic mass is 35.5. The lowest BCUT2D eigenvalue weighted by Gasteiger charge is -2.38. The first-order valence-corrected chi connectivity index (χ1v) is 13.2. The molecule has 0 amide bonds. The third-order valence-corrected chi connectivity index (χ3v) is 7.64. The molecule has 1 aromatic heterocycles. The molecule has 5 rings (SSSR count). The fourth-order valence-corrected chi connectivity index (χ4v) is 5.39. The van der Waals surface area contributed by atoms with Gasteiger partial charge in [0.05, 0.1) is 0 Å². The highest BCUT2D eigenvalue weighted by Crippen LogP contribution is 2.36. The molecule has 0 atom stereocenters. The maximum atomic E-state index is 13.7. The van der Waals surface area contributed by atoms with Crippen LogP contribution in [0.1, 0.15) is 35.2 Å². The van der Waals surface area contributed by atoms with Crippen LogP contribution in [-0.4, -0.2) is 41.4 Å². The van der Waals surface area contributed by atoms with Crippen molar-refractivity contribution in [2.24, 2.45) is 0 Å². The van der Waals surface area contributed by atoms with E-state index in [0.717, 1.165) is 36.5 Å². The Morgan fingerprint density at radius 1 is 1.05 bits per heavy atom. The molecular formula is C27H27ClF3N5OS. The molecule has 2 aliphatic heterocycles. The normalized spacial score (nSPS) is 17.0. The van der Waals surface area contributed by atoms with Gasteiger partial charge in [0.25, 0.3) is 0 Å². The van der Waals surface area contributed by atoms with E-state index in [9.17, 15) is 13.2 Å². The quantitative estimate of drug-likeness (QED) is 0.385. The van der Waals surface area contributed by atoms with Crippen molar-refractivity contribution in [1.82, 2.24) is 15.3 Å². The van der Waals surface area contributed by atoms with Gasteiger partial charge in [-0.1, -0.05) is 48.0 Å². The smallest absolute Gasteiger partial charge is 0.381 e. The summed E-state index contributed by atoms with van der Waals surface area (Å²) < 4.78 is 46.8. The first kappa shape index (κ1) is 26.6. The summed E-state index contributed by atoms with van der Waals surface area (Å²) in [5.41, 5.74) is 2.02. The van der Waals surface area contributed by atoms with Gasteiger partial charge in [-0.3, -0.25) is 0 Å². The van der Waals surface area contributed by atoms with E-state index in [4.69, 9.17) is 28.6 Å². The van der Waals surface area contributed by atoms with Crippen LogP contribution >= 0.6 is 23.8 Å². The van der Waals surface area contributed by atoms with Gasteiger partial charge >= 0.3 is 6.18 Å². The van der Waals surface area contributed by atoms with Gasteiger partial charge in [0.15, 0.2) is 10.8 Å². The van der Waals surface area contributed by atoms with Crippen molar-refractivity contribution in [3.05, 3.63) is 82.0 Å². The molecule has 3 aromatic rings. The van der Waals surface area contributed by atoms with E-state index in [0.29, 0.717) is 37.9 Å². The minimum Gasteiger partial charge on any atom is -0.381 e. The van der Waals surface area contributed by atoms with E-state index in [1.54, 1.807) is 0 Å². The molecule has 6 nitrogen and oxygen atoms in total. The number of ether oxygens (including phenoxy) is 1. The van der Waals surface area contributed by atoms with E-state index in [1.165, 1.54) is 5.56 Å². The summed E-state index contributed by atoms with van der Waals surface area (Å²) in [5.74, 6) is 0.00178. The van der Waals surface area contributed by atoms with Gasteiger partial charge in [0.1, 0.15) is 5.82 Å². The number of benzene rings is 2. The number of fused-ring (bicyclic) bond motifs is 1. The summed E-state index contributed by atoms with van der Waals surface area (Å²) in [4.78, 5) is 9.96.